The molecule has 1 saturated heterocycles. The van der Waals surface area contributed by atoms with Gasteiger partial charge in [-0.05, 0) is 38.1 Å². The minimum absolute atomic E-state index is 0.0182. The molecule has 31 heavy (non-hydrogen) atoms. The molecule has 1 fully saturated rings. The third-order valence-electron chi connectivity index (χ3n) is 5.32. The standard InChI is InChI=1S/C24H30N4O3/c1-18-8-10-21(11-9-18)26-22(29)17-27-12-14-28(15-13-27)23(30)16-19(2)25-24(31)20-6-4-3-5-7-20/h3-11,19H,12-17H2,1-2H3,(H,25,31)(H,26,29)/t19-/m1/s1. The van der Waals surface area contributed by atoms with Gasteiger partial charge in [-0.2, -0.15) is 0 Å². The number of aryl methyl sites for hydroxylation is 1. The zero-order valence-corrected chi connectivity index (χ0v) is 18.1. The molecule has 0 spiro atoms. The Bertz CT molecular complexity index is 891. The predicted molar refractivity (Wildman–Crippen MR) is 121 cm³/mol. The summed E-state index contributed by atoms with van der Waals surface area (Å²) in [6.07, 6.45) is 0.256. The van der Waals surface area contributed by atoms with Crippen LogP contribution in [-0.2, 0) is 9.59 Å². The van der Waals surface area contributed by atoms with Crippen molar-refractivity contribution in [3.63, 3.8) is 0 Å². The SMILES string of the molecule is Cc1ccc(NC(=O)CN2CCN(C(=O)C[C@@H](C)NC(=O)c3ccccc3)CC2)cc1. The fourth-order valence-corrected chi connectivity index (χ4v) is 3.53. The molecule has 164 valence electrons. The van der Waals surface area contributed by atoms with Crippen LogP contribution in [0, 0.1) is 6.92 Å². The summed E-state index contributed by atoms with van der Waals surface area (Å²) >= 11 is 0. The van der Waals surface area contributed by atoms with E-state index in [1.165, 1.54) is 0 Å². The number of carbonyl (C=O) groups excluding carboxylic acids is 3. The van der Waals surface area contributed by atoms with Crippen molar-refractivity contribution in [3.05, 3.63) is 65.7 Å². The summed E-state index contributed by atoms with van der Waals surface area (Å²) < 4.78 is 0. The van der Waals surface area contributed by atoms with Gasteiger partial charge in [-0.25, -0.2) is 0 Å². The van der Waals surface area contributed by atoms with E-state index >= 15 is 0 Å². The van der Waals surface area contributed by atoms with Crippen molar-refractivity contribution in [2.75, 3.05) is 38.0 Å². The summed E-state index contributed by atoms with van der Waals surface area (Å²) in [5.41, 5.74) is 2.52. The van der Waals surface area contributed by atoms with Crippen molar-refractivity contribution < 1.29 is 14.4 Å². The van der Waals surface area contributed by atoms with Gasteiger partial charge in [0.05, 0.1) is 6.54 Å². The van der Waals surface area contributed by atoms with Crippen molar-refractivity contribution >= 4 is 23.4 Å². The van der Waals surface area contributed by atoms with Gasteiger partial charge in [-0.3, -0.25) is 19.3 Å². The minimum atomic E-state index is -0.251. The number of carbonyl (C=O) groups is 3. The van der Waals surface area contributed by atoms with Gasteiger partial charge < -0.3 is 15.5 Å². The Hall–Kier alpha value is -3.19. The molecule has 0 bridgehead atoms. The molecule has 2 N–H and O–H groups in total. The summed E-state index contributed by atoms with van der Waals surface area (Å²) in [7, 11) is 0. The summed E-state index contributed by atoms with van der Waals surface area (Å²) in [5, 5.41) is 5.78. The van der Waals surface area contributed by atoms with Crippen LogP contribution in [0.3, 0.4) is 0 Å². The molecule has 2 aromatic carbocycles. The second-order valence-electron chi connectivity index (χ2n) is 8.02. The van der Waals surface area contributed by atoms with E-state index in [2.05, 4.69) is 10.6 Å². The molecule has 7 nitrogen and oxygen atoms in total. The summed E-state index contributed by atoms with van der Waals surface area (Å²) in [4.78, 5) is 41.0. The molecule has 1 heterocycles. The Morgan fingerprint density at radius 1 is 0.935 bits per heavy atom. The summed E-state index contributed by atoms with van der Waals surface area (Å²) in [5.74, 6) is -0.212. The molecule has 3 amide bonds. The lowest BCUT2D eigenvalue weighted by molar-refractivity contribution is -0.133. The van der Waals surface area contributed by atoms with E-state index in [-0.39, 0.29) is 30.2 Å². The zero-order chi connectivity index (χ0) is 22.2. The van der Waals surface area contributed by atoms with E-state index in [1.807, 2.05) is 61.2 Å². The number of rotatable bonds is 7. The van der Waals surface area contributed by atoms with E-state index in [0.29, 0.717) is 38.3 Å². The maximum Gasteiger partial charge on any atom is 0.251 e. The Morgan fingerprint density at radius 3 is 2.23 bits per heavy atom. The van der Waals surface area contributed by atoms with Gasteiger partial charge in [-0.1, -0.05) is 35.9 Å². The van der Waals surface area contributed by atoms with Gasteiger partial charge in [0.25, 0.3) is 5.91 Å². The van der Waals surface area contributed by atoms with Crippen LogP contribution in [0.25, 0.3) is 0 Å². The summed E-state index contributed by atoms with van der Waals surface area (Å²) in [6.45, 7) is 6.61. The van der Waals surface area contributed by atoms with E-state index in [9.17, 15) is 14.4 Å². The van der Waals surface area contributed by atoms with Gasteiger partial charge in [0.2, 0.25) is 11.8 Å². The van der Waals surface area contributed by atoms with Crippen molar-refractivity contribution in [2.45, 2.75) is 26.3 Å². The van der Waals surface area contributed by atoms with Gasteiger partial charge in [0, 0.05) is 49.9 Å². The maximum atomic E-state index is 12.6. The molecule has 0 aromatic heterocycles. The average Bonchev–Trinajstić information content (AvgIpc) is 2.76. The Labute approximate surface area is 183 Å². The molecule has 0 saturated carbocycles. The molecular formula is C24H30N4O3. The van der Waals surface area contributed by atoms with Crippen LogP contribution >= 0.6 is 0 Å². The number of amides is 3. The van der Waals surface area contributed by atoms with Crippen molar-refractivity contribution in [1.29, 1.82) is 0 Å². The third-order valence-corrected chi connectivity index (χ3v) is 5.32. The normalized spacial score (nSPS) is 15.2. The number of piperazine rings is 1. The maximum absolute atomic E-state index is 12.6. The number of anilines is 1. The molecule has 0 aliphatic carbocycles. The number of hydrogen-bond donors (Lipinski definition) is 2. The number of nitrogens with zero attached hydrogens (tertiary/aromatic N) is 2. The van der Waals surface area contributed by atoms with E-state index in [4.69, 9.17) is 0 Å². The Morgan fingerprint density at radius 2 is 1.58 bits per heavy atom. The van der Waals surface area contributed by atoms with Crippen LogP contribution in [0.15, 0.2) is 54.6 Å². The van der Waals surface area contributed by atoms with Crippen LogP contribution in [0.4, 0.5) is 5.69 Å². The van der Waals surface area contributed by atoms with Crippen molar-refractivity contribution in [3.8, 4) is 0 Å². The third kappa shape index (κ3) is 6.93. The second-order valence-corrected chi connectivity index (χ2v) is 8.02. The monoisotopic (exact) mass is 422 g/mol. The van der Waals surface area contributed by atoms with E-state index in [0.717, 1.165) is 11.3 Å². The smallest absolute Gasteiger partial charge is 0.251 e. The molecule has 0 radical (unpaired) electrons. The molecule has 2 aromatic rings. The molecular weight excluding hydrogens is 392 g/mol. The topological polar surface area (TPSA) is 81.8 Å². The lowest BCUT2D eigenvalue weighted by atomic mass is 10.1. The number of nitrogens with one attached hydrogen (secondary N) is 2. The molecule has 1 aliphatic heterocycles. The second kappa shape index (κ2) is 10.7. The minimum Gasteiger partial charge on any atom is -0.349 e. The Balaban J connectivity index is 1.38. The first-order valence-electron chi connectivity index (χ1n) is 10.6. The largest absolute Gasteiger partial charge is 0.349 e. The molecule has 1 atom stereocenters. The average molecular weight is 423 g/mol. The quantitative estimate of drug-likeness (QED) is 0.717. The first kappa shape index (κ1) is 22.5. The molecule has 7 heteroatoms. The lowest BCUT2D eigenvalue weighted by Crippen LogP contribution is -2.51. The highest BCUT2D eigenvalue weighted by molar-refractivity contribution is 5.94. The first-order chi connectivity index (χ1) is 14.9. The highest BCUT2D eigenvalue weighted by Gasteiger charge is 2.24. The van der Waals surface area contributed by atoms with E-state index < -0.39 is 0 Å². The van der Waals surface area contributed by atoms with Gasteiger partial charge in [0.1, 0.15) is 0 Å². The highest BCUT2D eigenvalue weighted by atomic mass is 16.2. The zero-order valence-electron chi connectivity index (χ0n) is 18.1. The molecule has 0 unspecified atom stereocenters. The van der Waals surface area contributed by atoms with Crippen LogP contribution in [0.1, 0.15) is 29.3 Å². The fraction of sp³-hybridized carbons (Fsp3) is 0.375. The van der Waals surface area contributed by atoms with Gasteiger partial charge >= 0.3 is 0 Å². The van der Waals surface area contributed by atoms with Crippen LogP contribution in [0.5, 0.6) is 0 Å². The molecule has 3 rings (SSSR count). The van der Waals surface area contributed by atoms with Gasteiger partial charge in [0.15, 0.2) is 0 Å². The van der Waals surface area contributed by atoms with Crippen LogP contribution in [0.2, 0.25) is 0 Å². The molecule has 1 aliphatic rings. The van der Waals surface area contributed by atoms with Crippen LogP contribution < -0.4 is 10.6 Å². The summed E-state index contributed by atoms with van der Waals surface area (Å²) in [6, 6.07) is 16.4. The van der Waals surface area contributed by atoms with Crippen molar-refractivity contribution in [1.82, 2.24) is 15.1 Å². The Kier molecular flexibility index (Phi) is 7.78. The van der Waals surface area contributed by atoms with Crippen molar-refractivity contribution in [2.24, 2.45) is 0 Å². The first-order valence-corrected chi connectivity index (χ1v) is 10.6. The van der Waals surface area contributed by atoms with Gasteiger partial charge in [-0.15, -0.1) is 0 Å². The fourth-order valence-electron chi connectivity index (χ4n) is 3.53. The van der Waals surface area contributed by atoms with E-state index in [1.54, 1.807) is 17.0 Å². The lowest BCUT2D eigenvalue weighted by Gasteiger charge is -2.34. The van der Waals surface area contributed by atoms with Crippen LogP contribution in [-0.4, -0.2) is 66.3 Å². The highest BCUT2D eigenvalue weighted by Crippen LogP contribution is 2.10. The predicted octanol–water partition coefficient (Wildman–Crippen LogP) is 2.29. The number of benzene rings is 2. The number of hydrogen-bond acceptors (Lipinski definition) is 4.